The maximum absolute atomic E-state index is 12.7. The molecule has 0 spiro atoms. The summed E-state index contributed by atoms with van der Waals surface area (Å²) in [5, 5.41) is 3.97. The third kappa shape index (κ3) is 13.5. The summed E-state index contributed by atoms with van der Waals surface area (Å²) in [5.74, 6) is -0.223. The first-order chi connectivity index (χ1) is 24.7. The Morgan fingerprint density at radius 2 is 1.35 bits per heavy atom. The minimum absolute atomic E-state index is 0.152. The highest BCUT2D eigenvalue weighted by Crippen LogP contribution is 2.46. The molecule has 0 aromatic carbocycles. The van der Waals surface area contributed by atoms with Gasteiger partial charge >= 0.3 is 5.97 Å². The summed E-state index contributed by atoms with van der Waals surface area (Å²) in [6.07, 6.45) is 0.684. The fourth-order valence-corrected chi connectivity index (χ4v) is 8.77. The number of azide groups is 1. The van der Waals surface area contributed by atoms with Gasteiger partial charge in [-0.3, -0.25) is 4.79 Å². The molecule has 0 N–H and O–H groups in total. The maximum atomic E-state index is 12.7. The minimum atomic E-state index is -2.50. The average Bonchev–Trinajstić information content (AvgIpc) is 3.07. The Labute approximate surface area is 315 Å². The lowest BCUT2D eigenvalue weighted by Crippen LogP contribution is -2.66. The van der Waals surface area contributed by atoms with Crippen LogP contribution >= 0.6 is 0 Å². The summed E-state index contributed by atoms with van der Waals surface area (Å²) in [6.45, 7) is 27.0. The molecule has 0 amide bonds. The van der Waals surface area contributed by atoms with Crippen molar-refractivity contribution in [2.75, 3.05) is 33.0 Å². The van der Waals surface area contributed by atoms with Gasteiger partial charge in [0, 0.05) is 38.3 Å². The number of esters is 1. The van der Waals surface area contributed by atoms with E-state index < -0.39 is 75.6 Å². The second-order valence-electron chi connectivity index (χ2n) is 15.6. The number of carbonyl (C=O) groups excluding carboxylic acids is 1. The molecular formula is C38H73N3O10Si. The van der Waals surface area contributed by atoms with Crippen LogP contribution in [0.5, 0.6) is 0 Å². The van der Waals surface area contributed by atoms with Crippen molar-refractivity contribution in [1.82, 2.24) is 0 Å². The highest BCUT2D eigenvalue weighted by Gasteiger charge is 2.55. The third-order valence-corrected chi connectivity index (χ3v) is 15.4. The van der Waals surface area contributed by atoms with Crippen molar-refractivity contribution >= 4 is 14.3 Å². The Morgan fingerprint density at radius 3 is 1.87 bits per heavy atom. The van der Waals surface area contributed by atoms with Crippen molar-refractivity contribution in [1.29, 1.82) is 0 Å². The molecule has 0 saturated carbocycles. The predicted octanol–water partition coefficient (Wildman–Crippen LogP) is 8.48. The van der Waals surface area contributed by atoms with Crippen molar-refractivity contribution in [3.8, 4) is 0 Å². The Kier molecular flexibility index (Phi) is 21.2. The second kappa shape index (κ2) is 23.6. The molecule has 2 fully saturated rings. The predicted molar refractivity (Wildman–Crippen MR) is 203 cm³/mol. The molecule has 2 saturated heterocycles. The number of nitrogens with zero attached hydrogens (tertiary/aromatic N) is 3. The zero-order chi connectivity index (χ0) is 38.9. The summed E-state index contributed by atoms with van der Waals surface area (Å²) in [5.41, 5.74) is 9.77. The number of hydrogen-bond acceptors (Lipinski definition) is 11. The zero-order valence-electron chi connectivity index (χ0n) is 34.5. The van der Waals surface area contributed by atoms with E-state index in [1.54, 1.807) is 0 Å². The first-order valence-corrected chi connectivity index (χ1v) is 22.9. The fourth-order valence-electron chi connectivity index (χ4n) is 6.30. The van der Waals surface area contributed by atoms with Gasteiger partial charge in [0.1, 0.15) is 42.7 Å². The van der Waals surface area contributed by atoms with Gasteiger partial charge in [-0.1, -0.05) is 86.2 Å². The van der Waals surface area contributed by atoms with Crippen LogP contribution in [0.4, 0.5) is 0 Å². The van der Waals surface area contributed by atoms with Crippen LogP contribution in [0, 0.1) is 5.92 Å². The minimum Gasteiger partial charge on any atom is -0.459 e. The zero-order valence-corrected chi connectivity index (χ0v) is 35.5. The average molecular weight is 760 g/mol. The van der Waals surface area contributed by atoms with Crippen LogP contribution in [0.25, 0.3) is 10.4 Å². The maximum Gasteiger partial charge on any atom is 0.303 e. The van der Waals surface area contributed by atoms with E-state index in [4.69, 9.17) is 42.3 Å². The molecule has 0 bridgehead atoms. The Hall–Kier alpha value is -1.32. The molecule has 0 aliphatic carbocycles. The van der Waals surface area contributed by atoms with Crippen molar-refractivity contribution in [3.63, 3.8) is 0 Å². The van der Waals surface area contributed by atoms with Crippen molar-refractivity contribution < 1.29 is 47.1 Å². The van der Waals surface area contributed by atoms with Crippen LogP contribution in [-0.2, 0) is 47.1 Å². The normalized spacial score (nSPS) is 29.9. The number of ether oxygens (including phenoxy) is 8. The molecule has 2 aliphatic rings. The lowest BCUT2D eigenvalue weighted by atomic mass is 9.95. The van der Waals surface area contributed by atoms with Gasteiger partial charge in [0.15, 0.2) is 20.9 Å². The van der Waals surface area contributed by atoms with Gasteiger partial charge in [-0.05, 0) is 62.2 Å². The van der Waals surface area contributed by atoms with Crippen LogP contribution in [0.1, 0.15) is 121 Å². The second-order valence-corrected chi connectivity index (χ2v) is 20.2. The molecule has 14 heteroatoms. The molecule has 5 unspecified atom stereocenters. The summed E-state index contributed by atoms with van der Waals surface area (Å²) >= 11 is 0. The van der Waals surface area contributed by atoms with Gasteiger partial charge in [0.2, 0.25) is 0 Å². The standard InChI is InChI=1S/C38H73N3O10Si/c1-13-17-21-43-25-29-32(44-22-18-14-2)34(45-23-19-15-3)35(46-24-20-16-4)37(49-29)50-31-27(7)47-36(30(40-41-39)33(31)48-28(8)42)51-52(11,12)38(9,10)26(5)6/h26-27,29-37H,13-25H2,1-12H3/t27?,29?,30-,31+,32+,33?,34?,35?,36-,37-/m0/s1. The fraction of sp³-hybridized carbons (Fsp3) is 0.974. The third-order valence-electron chi connectivity index (χ3n) is 10.9. The smallest absolute Gasteiger partial charge is 0.303 e. The summed E-state index contributed by atoms with van der Waals surface area (Å²) < 4.78 is 58.8. The Morgan fingerprint density at radius 1 is 0.808 bits per heavy atom. The molecule has 0 radical (unpaired) electrons. The quantitative estimate of drug-likeness (QED) is 0.0222. The van der Waals surface area contributed by atoms with E-state index in [0.29, 0.717) is 32.3 Å². The number of carbonyl (C=O) groups is 1. The molecule has 2 aliphatic heterocycles. The van der Waals surface area contributed by atoms with E-state index in [1.807, 2.05) is 6.92 Å². The van der Waals surface area contributed by atoms with Crippen molar-refractivity contribution in [3.05, 3.63) is 10.4 Å². The lowest BCUT2D eigenvalue weighted by molar-refractivity contribution is -0.353. The van der Waals surface area contributed by atoms with Gasteiger partial charge in [0.05, 0.1) is 12.7 Å². The molecule has 2 heterocycles. The molecule has 52 heavy (non-hydrogen) atoms. The van der Waals surface area contributed by atoms with Gasteiger partial charge in [-0.15, -0.1) is 0 Å². The summed E-state index contributed by atoms with van der Waals surface area (Å²) in [7, 11) is -2.50. The van der Waals surface area contributed by atoms with E-state index in [1.165, 1.54) is 6.92 Å². The van der Waals surface area contributed by atoms with Crippen LogP contribution in [0.2, 0.25) is 18.1 Å². The van der Waals surface area contributed by atoms with E-state index in [2.05, 4.69) is 78.5 Å². The van der Waals surface area contributed by atoms with Crippen LogP contribution in [-0.4, -0.2) is 109 Å². The summed E-state index contributed by atoms with van der Waals surface area (Å²) in [4.78, 5) is 15.8. The van der Waals surface area contributed by atoms with Gasteiger partial charge in [-0.25, -0.2) is 0 Å². The van der Waals surface area contributed by atoms with E-state index in [-0.39, 0.29) is 11.6 Å². The van der Waals surface area contributed by atoms with E-state index >= 15 is 0 Å². The highest BCUT2D eigenvalue weighted by molar-refractivity contribution is 6.74. The largest absolute Gasteiger partial charge is 0.459 e. The first kappa shape index (κ1) is 46.8. The van der Waals surface area contributed by atoms with Crippen molar-refractivity contribution in [2.24, 2.45) is 11.0 Å². The van der Waals surface area contributed by atoms with E-state index in [9.17, 15) is 10.3 Å². The highest BCUT2D eigenvalue weighted by atomic mass is 28.4. The monoisotopic (exact) mass is 760 g/mol. The first-order valence-electron chi connectivity index (χ1n) is 20.0. The topological polar surface area (TPSA) is 149 Å². The Bertz CT molecular complexity index is 1060. The molecule has 10 atom stereocenters. The molecule has 13 nitrogen and oxygen atoms in total. The molecule has 0 aromatic rings. The van der Waals surface area contributed by atoms with Gasteiger partial charge in [-0.2, -0.15) is 0 Å². The Balaban J connectivity index is 2.60. The number of hydrogen-bond donors (Lipinski definition) is 0. The van der Waals surface area contributed by atoms with Crippen LogP contribution < -0.4 is 0 Å². The SMILES string of the molecule is CCCCOCC1O[C@@H](O[C@@H]2C(C)O[C@@H](O[Si](C)(C)C(C)(C)C(C)C)[C@@H](N=[N+]=[N-])C2OC(C)=O)C(OCCCC)C(OCCCC)[C@@H]1OCCCC. The van der Waals surface area contributed by atoms with E-state index in [0.717, 1.165) is 51.4 Å². The number of rotatable bonds is 25. The van der Waals surface area contributed by atoms with Gasteiger partial charge in [0.25, 0.3) is 0 Å². The van der Waals surface area contributed by atoms with Crippen LogP contribution in [0.15, 0.2) is 5.11 Å². The van der Waals surface area contributed by atoms with Crippen molar-refractivity contribution in [2.45, 2.75) is 200 Å². The van der Waals surface area contributed by atoms with Gasteiger partial charge < -0.3 is 42.3 Å². The lowest BCUT2D eigenvalue weighted by Gasteiger charge is -2.51. The summed E-state index contributed by atoms with van der Waals surface area (Å²) in [6, 6.07) is -1.03. The molecular weight excluding hydrogens is 687 g/mol. The molecule has 0 aromatic heterocycles. The molecule has 2 rings (SSSR count). The number of unbranched alkanes of at least 4 members (excludes halogenated alkanes) is 4. The van der Waals surface area contributed by atoms with Crippen LogP contribution in [0.3, 0.4) is 0 Å². The molecule has 304 valence electrons.